The molecule has 2 saturated heterocycles. The minimum absolute atomic E-state index is 0.292. The molecule has 0 radical (unpaired) electrons. The number of hydrogen-bond donors (Lipinski definition) is 1. The Morgan fingerprint density at radius 2 is 1.97 bits per heavy atom. The van der Waals surface area contributed by atoms with Gasteiger partial charge in [0.1, 0.15) is 0 Å². The van der Waals surface area contributed by atoms with Crippen LogP contribution in [-0.4, -0.2) is 81.0 Å². The third-order valence-electron chi connectivity index (χ3n) is 6.63. The van der Waals surface area contributed by atoms with Crippen molar-refractivity contribution in [3.8, 4) is 11.5 Å². The summed E-state index contributed by atoms with van der Waals surface area (Å²) in [4.78, 5) is 9.98. The van der Waals surface area contributed by atoms with Crippen LogP contribution in [0.2, 0.25) is 0 Å². The lowest BCUT2D eigenvalue weighted by atomic mass is 10.1. The molecule has 1 atom stereocenters. The van der Waals surface area contributed by atoms with E-state index in [-0.39, 0.29) is 0 Å². The molecule has 1 unspecified atom stereocenters. The smallest absolute Gasteiger partial charge is 0.194 e. The Kier molecular flexibility index (Phi) is 7.92. The summed E-state index contributed by atoms with van der Waals surface area (Å²) in [5.74, 6) is 2.66. The molecule has 3 aliphatic rings. The zero-order valence-corrected chi connectivity index (χ0v) is 19.1. The van der Waals surface area contributed by atoms with Crippen LogP contribution in [0.4, 0.5) is 0 Å². The van der Waals surface area contributed by atoms with Crippen LogP contribution in [0.15, 0.2) is 23.2 Å². The van der Waals surface area contributed by atoms with E-state index in [1.807, 2.05) is 12.1 Å². The molecule has 0 aromatic heterocycles. The van der Waals surface area contributed by atoms with Gasteiger partial charge in [0.05, 0.1) is 33.0 Å². The molecular weight excluding hydrogens is 392 g/mol. The van der Waals surface area contributed by atoms with Crippen molar-refractivity contribution in [3.05, 3.63) is 23.8 Å². The van der Waals surface area contributed by atoms with Crippen LogP contribution in [0.3, 0.4) is 0 Å². The molecule has 2 aliphatic heterocycles. The van der Waals surface area contributed by atoms with E-state index >= 15 is 0 Å². The summed E-state index contributed by atoms with van der Waals surface area (Å²) in [6, 6.07) is 6.71. The van der Waals surface area contributed by atoms with Gasteiger partial charge in [-0.1, -0.05) is 12.1 Å². The lowest BCUT2D eigenvalue weighted by Crippen LogP contribution is -2.46. The fourth-order valence-corrected chi connectivity index (χ4v) is 4.91. The summed E-state index contributed by atoms with van der Waals surface area (Å²) in [5.41, 5.74) is 1.09. The summed E-state index contributed by atoms with van der Waals surface area (Å²) < 4.78 is 17.5. The second kappa shape index (κ2) is 11.0. The zero-order chi connectivity index (χ0) is 21.5. The Morgan fingerprint density at radius 1 is 1.16 bits per heavy atom. The number of nitrogens with one attached hydrogen (secondary N) is 1. The van der Waals surface area contributed by atoms with Crippen LogP contribution in [0.1, 0.15) is 44.6 Å². The topological polar surface area (TPSA) is 58.6 Å². The van der Waals surface area contributed by atoms with Crippen molar-refractivity contribution in [1.29, 1.82) is 0 Å². The third kappa shape index (κ3) is 5.63. The van der Waals surface area contributed by atoms with Gasteiger partial charge in [0.15, 0.2) is 17.5 Å². The standard InChI is InChI=1S/C24H38N4O3/c1-3-25-24(28-12-11-20(18-28)27-13-15-30-16-14-27)26-17-19-7-6-10-22(29-2)23(19)31-21-8-4-5-9-21/h6-7,10,20-21H,3-5,8-9,11-18H2,1-2H3,(H,25,26). The van der Waals surface area contributed by atoms with Gasteiger partial charge < -0.3 is 24.4 Å². The average Bonchev–Trinajstić information content (AvgIpc) is 3.50. The third-order valence-corrected chi connectivity index (χ3v) is 6.63. The Hall–Kier alpha value is -1.99. The molecule has 172 valence electrons. The maximum absolute atomic E-state index is 6.40. The number of guanidine groups is 1. The maximum Gasteiger partial charge on any atom is 0.194 e. The highest BCUT2D eigenvalue weighted by molar-refractivity contribution is 5.80. The van der Waals surface area contributed by atoms with Crippen LogP contribution >= 0.6 is 0 Å². The van der Waals surface area contributed by atoms with E-state index < -0.39 is 0 Å². The molecule has 1 N–H and O–H groups in total. The predicted molar refractivity (Wildman–Crippen MR) is 123 cm³/mol. The fourth-order valence-electron chi connectivity index (χ4n) is 4.91. The molecular formula is C24H38N4O3. The van der Waals surface area contributed by atoms with E-state index in [1.54, 1.807) is 7.11 Å². The van der Waals surface area contributed by atoms with Gasteiger partial charge in [-0.3, -0.25) is 4.90 Å². The molecule has 1 aromatic rings. The first-order valence-corrected chi connectivity index (χ1v) is 12.0. The molecule has 1 saturated carbocycles. The van der Waals surface area contributed by atoms with Gasteiger partial charge >= 0.3 is 0 Å². The van der Waals surface area contributed by atoms with E-state index in [4.69, 9.17) is 19.2 Å². The lowest BCUT2D eigenvalue weighted by Gasteiger charge is -2.32. The molecule has 4 rings (SSSR count). The monoisotopic (exact) mass is 430 g/mol. The van der Waals surface area contributed by atoms with Gasteiger partial charge in [-0.25, -0.2) is 4.99 Å². The first kappa shape index (κ1) is 22.2. The van der Waals surface area contributed by atoms with Gasteiger partial charge in [0.25, 0.3) is 0 Å². The van der Waals surface area contributed by atoms with E-state index in [0.717, 1.165) is 81.8 Å². The lowest BCUT2D eigenvalue weighted by molar-refractivity contribution is 0.0195. The maximum atomic E-state index is 6.40. The Labute approximate surface area is 186 Å². The molecule has 7 heteroatoms. The zero-order valence-electron chi connectivity index (χ0n) is 19.1. The fraction of sp³-hybridized carbons (Fsp3) is 0.708. The number of aliphatic imine (C=N–C) groups is 1. The first-order valence-electron chi connectivity index (χ1n) is 12.0. The molecule has 7 nitrogen and oxygen atoms in total. The molecule has 0 bridgehead atoms. The van der Waals surface area contributed by atoms with E-state index in [0.29, 0.717) is 18.7 Å². The summed E-state index contributed by atoms with van der Waals surface area (Å²) in [7, 11) is 1.71. The number of methoxy groups -OCH3 is 1. The molecule has 1 aromatic carbocycles. The average molecular weight is 431 g/mol. The van der Waals surface area contributed by atoms with Crippen molar-refractivity contribution in [3.63, 3.8) is 0 Å². The van der Waals surface area contributed by atoms with Gasteiger partial charge in [0.2, 0.25) is 0 Å². The van der Waals surface area contributed by atoms with Gasteiger partial charge in [-0.2, -0.15) is 0 Å². The normalized spacial score (nSPS) is 23.4. The second-order valence-electron chi connectivity index (χ2n) is 8.68. The number of benzene rings is 1. The van der Waals surface area contributed by atoms with Gasteiger partial charge in [0, 0.05) is 44.3 Å². The van der Waals surface area contributed by atoms with Crippen molar-refractivity contribution in [1.82, 2.24) is 15.1 Å². The van der Waals surface area contributed by atoms with Crippen LogP contribution in [0.5, 0.6) is 11.5 Å². The van der Waals surface area contributed by atoms with Gasteiger partial charge in [-0.15, -0.1) is 0 Å². The molecule has 0 spiro atoms. The van der Waals surface area contributed by atoms with Crippen LogP contribution in [0, 0.1) is 0 Å². The van der Waals surface area contributed by atoms with Crippen molar-refractivity contribution < 1.29 is 14.2 Å². The predicted octanol–water partition coefficient (Wildman–Crippen LogP) is 2.89. The number of morpholine rings is 1. The number of para-hydroxylation sites is 1. The summed E-state index contributed by atoms with van der Waals surface area (Å²) in [5, 5.41) is 3.50. The number of likely N-dealkylation sites (tertiary alicyclic amines) is 1. The number of rotatable bonds is 7. The van der Waals surface area contributed by atoms with Crippen molar-refractivity contribution in [2.24, 2.45) is 4.99 Å². The number of nitrogens with zero attached hydrogens (tertiary/aromatic N) is 3. The molecule has 31 heavy (non-hydrogen) atoms. The summed E-state index contributed by atoms with van der Waals surface area (Å²) >= 11 is 0. The molecule has 3 fully saturated rings. The van der Waals surface area contributed by atoms with Crippen molar-refractivity contribution >= 4 is 5.96 Å². The second-order valence-corrected chi connectivity index (χ2v) is 8.68. The number of ether oxygens (including phenoxy) is 3. The Balaban J connectivity index is 1.46. The minimum Gasteiger partial charge on any atom is -0.493 e. The number of hydrogen-bond acceptors (Lipinski definition) is 5. The van der Waals surface area contributed by atoms with E-state index in [2.05, 4.69) is 28.1 Å². The van der Waals surface area contributed by atoms with Gasteiger partial charge in [-0.05, 0) is 45.1 Å². The highest BCUT2D eigenvalue weighted by Crippen LogP contribution is 2.35. The molecule has 0 amide bonds. The molecule has 2 heterocycles. The summed E-state index contributed by atoms with van der Waals surface area (Å²) in [6.45, 7) is 9.42. The summed E-state index contributed by atoms with van der Waals surface area (Å²) in [6.07, 6.45) is 6.22. The largest absolute Gasteiger partial charge is 0.493 e. The minimum atomic E-state index is 0.292. The van der Waals surface area contributed by atoms with Crippen molar-refractivity contribution in [2.45, 2.75) is 57.7 Å². The van der Waals surface area contributed by atoms with Crippen LogP contribution in [-0.2, 0) is 11.3 Å². The Bertz CT molecular complexity index is 730. The van der Waals surface area contributed by atoms with Crippen LogP contribution in [0.25, 0.3) is 0 Å². The SMILES string of the molecule is CCNC(=NCc1cccc(OC)c1OC1CCCC1)N1CCC(N2CCOCC2)C1. The first-order chi connectivity index (χ1) is 15.3. The highest BCUT2D eigenvalue weighted by Gasteiger charge is 2.30. The highest BCUT2D eigenvalue weighted by atomic mass is 16.5. The van der Waals surface area contributed by atoms with E-state index in [1.165, 1.54) is 19.3 Å². The van der Waals surface area contributed by atoms with E-state index in [9.17, 15) is 0 Å². The Morgan fingerprint density at radius 3 is 2.71 bits per heavy atom. The quantitative estimate of drug-likeness (QED) is 0.530. The molecule has 1 aliphatic carbocycles. The van der Waals surface area contributed by atoms with Crippen LogP contribution < -0.4 is 14.8 Å². The van der Waals surface area contributed by atoms with Crippen molar-refractivity contribution in [2.75, 3.05) is 53.0 Å².